The zero-order chi connectivity index (χ0) is 13.7. The fraction of sp³-hybridized carbons (Fsp3) is 0.462. The first-order valence-corrected chi connectivity index (χ1v) is 7.63. The zero-order valence-corrected chi connectivity index (χ0v) is 11.3. The van der Waals surface area contributed by atoms with Crippen molar-refractivity contribution in [2.24, 2.45) is 5.92 Å². The van der Waals surface area contributed by atoms with Gasteiger partial charge in [-0.15, -0.1) is 0 Å². The molecule has 0 aromatic heterocycles. The lowest BCUT2D eigenvalue weighted by Crippen LogP contribution is -2.29. The molecule has 1 heterocycles. The maximum absolute atomic E-state index is 12.0. The molecule has 5 nitrogen and oxygen atoms in total. The Morgan fingerprint density at radius 1 is 1.37 bits per heavy atom. The lowest BCUT2D eigenvalue weighted by Gasteiger charge is -2.10. The van der Waals surface area contributed by atoms with Crippen LogP contribution < -0.4 is 4.72 Å². The van der Waals surface area contributed by atoms with E-state index in [1.54, 1.807) is 12.1 Å². The number of hydrogen-bond donors (Lipinski definition) is 1. The van der Waals surface area contributed by atoms with Gasteiger partial charge in [0.15, 0.2) is 0 Å². The molecule has 1 aromatic carbocycles. The molecule has 1 N–H and O–H groups in total. The van der Waals surface area contributed by atoms with Gasteiger partial charge in [0.1, 0.15) is 0 Å². The molecular weight excluding hydrogens is 264 g/mol. The van der Waals surface area contributed by atoms with Gasteiger partial charge in [-0.1, -0.05) is 12.1 Å². The highest BCUT2D eigenvalue weighted by molar-refractivity contribution is 7.89. The second kappa shape index (κ2) is 6.15. The van der Waals surface area contributed by atoms with Crippen LogP contribution in [0.25, 0.3) is 0 Å². The molecular formula is C13H16N2O3S. The average molecular weight is 280 g/mol. The minimum atomic E-state index is -3.47. The van der Waals surface area contributed by atoms with Crippen molar-refractivity contribution in [1.29, 1.82) is 5.26 Å². The van der Waals surface area contributed by atoms with Crippen molar-refractivity contribution in [3.05, 3.63) is 29.8 Å². The normalized spacial score (nSPS) is 19.2. The zero-order valence-electron chi connectivity index (χ0n) is 10.5. The Hall–Kier alpha value is -1.42. The number of sulfonamides is 1. The Bertz CT molecular complexity index is 555. The highest BCUT2D eigenvalue weighted by Crippen LogP contribution is 2.14. The smallest absolute Gasteiger partial charge is 0.240 e. The van der Waals surface area contributed by atoms with Gasteiger partial charge in [0, 0.05) is 13.2 Å². The fourth-order valence-electron chi connectivity index (χ4n) is 1.93. The lowest BCUT2D eigenvalue weighted by atomic mass is 10.1. The molecule has 0 spiro atoms. The molecule has 1 fully saturated rings. The Morgan fingerprint density at radius 3 is 2.68 bits per heavy atom. The Kier molecular flexibility index (Phi) is 4.53. The topological polar surface area (TPSA) is 79.2 Å². The Balaban J connectivity index is 2.00. The summed E-state index contributed by atoms with van der Waals surface area (Å²) in [5, 5.41) is 8.56. The number of nitrogens with zero attached hydrogens (tertiary/aromatic N) is 1. The fourth-order valence-corrected chi connectivity index (χ4v) is 3.05. The van der Waals surface area contributed by atoms with Gasteiger partial charge in [0.25, 0.3) is 0 Å². The predicted octanol–water partition coefficient (Wildman–Crippen LogP) is 1.07. The molecule has 102 valence electrons. The molecule has 0 radical (unpaired) electrons. The number of ether oxygens (including phenoxy) is 1. The molecule has 1 saturated heterocycles. The molecule has 19 heavy (non-hydrogen) atoms. The Morgan fingerprint density at radius 2 is 2.11 bits per heavy atom. The maximum atomic E-state index is 12.0. The number of benzene rings is 1. The summed E-state index contributed by atoms with van der Waals surface area (Å²) in [5.41, 5.74) is 0.811. The van der Waals surface area contributed by atoms with E-state index >= 15 is 0 Å². The molecule has 1 aliphatic heterocycles. The largest absolute Gasteiger partial charge is 0.381 e. The molecule has 0 saturated carbocycles. The first kappa shape index (κ1) is 14.0. The van der Waals surface area contributed by atoms with Crippen molar-refractivity contribution >= 4 is 10.0 Å². The summed E-state index contributed by atoms with van der Waals surface area (Å²) in [7, 11) is -3.47. The van der Waals surface area contributed by atoms with Crippen molar-refractivity contribution in [2.75, 3.05) is 19.8 Å². The van der Waals surface area contributed by atoms with E-state index in [0.29, 0.717) is 19.8 Å². The van der Waals surface area contributed by atoms with Crippen LogP contribution in [0.2, 0.25) is 0 Å². The van der Waals surface area contributed by atoms with Crippen molar-refractivity contribution in [3.8, 4) is 6.07 Å². The van der Waals surface area contributed by atoms with Gasteiger partial charge >= 0.3 is 0 Å². The van der Waals surface area contributed by atoms with E-state index in [-0.39, 0.29) is 17.2 Å². The van der Waals surface area contributed by atoms with Crippen molar-refractivity contribution < 1.29 is 13.2 Å². The molecule has 1 atom stereocenters. The lowest BCUT2D eigenvalue weighted by molar-refractivity contribution is 0.186. The summed E-state index contributed by atoms with van der Waals surface area (Å²) < 4.78 is 31.9. The third-order valence-electron chi connectivity index (χ3n) is 3.10. The summed E-state index contributed by atoms with van der Waals surface area (Å²) in [6.07, 6.45) is 1.18. The second-order valence-corrected chi connectivity index (χ2v) is 6.33. The average Bonchev–Trinajstić information content (AvgIpc) is 2.91. The van der Waals surface area contributed by atoms with Crippen LogP contribution >= 0.6 is 0 Å². The van der Waals surface area contributed by atoms with Crippen molar-refractivity contribution in [2.45, 2.75) is 17.7 Å². The van der Waals surface area contributed by atoms with Crippen LogP contribution in [0.3, 0.4) is 0 Å². The van der Waals surface area contributed by atoms with E-state index < -0.39 is 10.0 Å². The maximum Gasteiger partial charge on any atom is 0.240 e. The van der Waals surface area contributed by atoms with Gasteiger partial charge in [-0.05, 0) is 30.0 Å². The van der Waals surface area contributed by atoms with E-state index in [1.165, 1.54) is 12.1 Å². The van der Waals surface area contributed by atoms with Gasteiger partial charge in [0.05, 0.1) is 24.0 Å². The van der Waals surface area contributed by atoms with E-state index in [0.717, 1.165) is 12.0 Å². The van der Waals surface area contributed by atoms with Crippen LogP contribution in [-0.2, 0) is 21.2 Å². The molecule has 0 aliphatic carbocycles. The molecule has 0 amide bonds. The minimum absolute atomic E-state index is 0.230. The molecule has 1 aliphatic rings. The Labute approximate surface area is 113 Å². The summed E-state index contributed by atoms with van der Waals surface area (Å²) in [5.74, 6) is 0.257. The first-order valence-electron chi connectivity index (χ1n) is 6.15. The molecule has 0 bridgehead atoms. The quantitative estimate of drug-likeness (QED) is 0.875. The molecule has 1 aromatic rings. The summed E-state index contributed by atoms with van der Waals surface area (Å²) in [4.78, 5) is 0.230. The standard InChI is InChI=1S/C13H16N2O3S/c14-7-5-11-1-3-13(4-2-11)19(16,17)15-9-12-6-8-18-10-12/h1-4,12,15H,5-6,8-10H2. The van der Waals surface area contributed by atoms with Crippen molar-refractivity contribution in [1.82, 2.24) is 4.72 Å². The van der Waals surface area contributed by atoms with Gasteiger partial charge < -0.3 is 4.74 Å². The highest BCUT2D eigenvalue weighted by atomic mass is 32.2. The predicted molar refractivity (Wildman–Crippen MR) is 69.9 cm³/mol. The van der Waals surface area contributed by atoms with Crippen LogP contribution in [0.5, 0.6) is 0 Å². The minimum Gasteiger partial charge on any atom is -0.381 e. The third-order valence-corrected chi connectivity index (χ3v) is 4.54. The van der Waals surface area contributed by atoms with E-state index in [2.05, 4.69) is 4.72 Å². The van der Waals surface area contributed by atoms with Crippen LogP contribution in [0.15, 0.2) is 29.2 Å². The SMILES string of the molecule is N#CCc1ccc(S(=O)(=O)NCC2CCOC2)cc1. The van der Waals surface area contributed by atoms with Gasteiger partial charge in [0.2, 0.25) is 10.0 Å². The monoisotopic (exact) mass is 280 g/mol. The molecule has 2 rings (SSSR count). The van der Waals surface area contributed by atoms with Crippen LogP contribution in [0.4, 0.5) is 0 Å². The van der Waals surface area contributed by atoms with Crippen LogP contribution in [0, 0.1) is 17.2 Å². The van der Waals surface area contributed by atoms with E-state index in [1.807, 2.05) is 6.07 Å². The molecule has 6 heteroatoms. The first-order chi connectivity index (χ1) is 9.12. The van der Waals surface area contributed by atoms with Crippen LogP contribution in [0.1, 0.15) is 12.0 Å². The second-order valence-electron chi connectivity index (χ2n) is 4.56. The number of nitriles is 1. The number of hydrogen-bond acceptors (Lipinski definition) is 4. The highest BCUT2D eigenvalue weighted by Gasteiger charge is 2.20. The van der Waals surface area contributed by atoms with E-state index in [9.17, 15) is 8.42 Å². The van der Waals surface area contributed by atoms with Gasteiger partial charge in [-0.2, -0.15) is 5.26 Å². The van der Waals surface area contributed by atoms with Crippen molar-refractivity contribution in [3.63, 3.8) is 0 Å². The molecule has 1 unspecified atom stereocenters. The van der Waals surface area contributed by atoms with Gasteiger partial charge in [-0.25, -0.2) is 13.1 Å². The summed E-state index contributed by atoms with van der Waals surface area (Å²) >= 11 is 0. The number of rotatable bonds is 5. The summed E-state index contributed by atoms with van der Waals surface area (Å²) in [6.45, 7) is 1.72. The number of nitrogens with one attached hydrogen (secondary N) is 1. The van der Waals surface area contributed by atoms with Crippen LogP contribution in [-0.4, -0.2) is 28.2 Å². The third kappa shape index (κ3) is 3.77. The summed E-state index contributed by atoms with van der Waals surface area (Å²) in [6, 6.07) is 8.41. The van der Waals surface area contributed by atoms with Gasteiger partial charge in [-0.3, -0.25) is 0 Å². The van der Waals surface area contributed by atoms with E-state index in [4.69, 9.17) is 10.00 Å².